The van der Waals surface area contributed by atoms with Crippen molar-refractivity contribution in [3.05, 3.63) is 47.3 Å². The fraction of sp³-hybridized carbons (Fsp3) is 0.250. The van der Waals surface area contributed by atoms with Crippen molar-refractivity contribution >= 4 is 0 Å². The number of hydrogen-bond donors (Lipinski definition) is 0. The van der Waals surface area contributed by atoms with Gasteiger partial charge in [0.25, 0.3) is 0 Å². The van der Waals surface area contributed by atoms with Gasteiger partial charge in [-0.25, -0.2) is 4.68 Å². The number of benzene rings is 1. The van der Waals surface area contributed by atoms with Gasteiger partial charge in [0.15, 0.2) is 0 Å². The zero-order valence-electron chi connectivity index (χ0n) is 9.42. The molecule has 0 aliphatic rings. The van der Waals surface area contributed by atoms with E-state index < -0.39 is 11.7 Å². The van der Waals surface area contributed by atoms with Crippen molar-refractivity contribution in [1.82, 2.24) is 9.78 Å². The van der Waals surface area contributed by atoms with Crippen molar-refractivity contribution in [3.63, 3.8) is 0 Å². The number of aryl methyl sites for hydroxylation is 2. The summed E-state index contributed by atoms with van der Waals surface area (Å²) < 4.78 is 38.8. The Morgan fingerprint density at radius 1 is 1.06 bits per heavy atom. The Morgan fingerprint density at radius 2 is 1.65 bits per heavy atom. The van der Waals surface area contributed by atoms with E-state index in [4.69, 9.17) is 0 Å². The van der Waals surface area contributed by atoms with E-state index in [0.29, 0.717) is 5.69 Å². The van der Waals surface area contributed by atoms with Crippen LogP contribution in [0, 0.1) is 13.8 Å². The van der Waals surface area contributed by atoms with Crippen molar-refractivity contribution in [2.24, 2.45) is 0 Å². The lowest BCUT2D eigenvalue weighted by Crippen LogP contribution is -2.05. The standard InChI is InChI=1S/C12H11F3N2/c1-8-7-9(2)17(16-8)11-5-3-10(4-6-11)12(13,14)15/h3-7H,1-2H3. The van der Waals surface area contributed by atoms with Crippen LogP contribution in [-0.4, -0.2) is 9.78 Å². The van der Waals surface area contributed by atoms with Crippen LogP contribution in [0.1, 0.15) is 17.0 Å². The third-order valence-corrected chi connectivity index (χ3v) is 2.45. The number of rotatable bonds is 1. The second kappa shape index (κ2) is 3.91. The lowest BCUT2D eigenvalue weighted by Gasteiger charge is -2.08. The molecule has 0 N–H and O–H groups in total. The first-order valence-electron chi connectivity index (χ1n) is 5.09. The Balaban J connectivity index is 2.39. The lowest BCUT2D eigenvalue weighted by atomic mass is 10.2. The third-order valence-electron chi connectivity index (χ3n) is 2.45. The summed E-state index contributed by atoms with van der Waals surface area (Å²) in [6.45, 7) is 3.70. The summed E-state index contributed by atoms with van der Waals surface area (Å²) in [7, 11) is 0. The second-order valence-corrected chi connectivity index (χ2v) is 3.88. The van der Waals surface area contributed by atoms with Gasteiger partial charge < -0.3 is 0 Å². The zero-order valence-corrected chi connectivity index (χ0v) is 9.42. The highest BCUT2D eigenvalue weighted by atomic mass is 19.4. The van der Waals surface area contributed by atoms with Crippen molar-refractivity contribution in [2.45, 2.75) is 20.0 Å². The van der Waals surface area contributed by atoms with E-state index >= 15 is 0 Å². The first-order chi connectivity index (χ1) is 7.88. The first-order valence-corrected chi connectivity index (χ1v) is 5.09. The number of hydrogen-bond acceptors (Lipinski definition) is 1. The van der Waals surface area contributed by atoms with Crippen LogP contribution in [0.15, 0.2) is 30.3 Å². The molecule has 2 rings (SSSR count). The summed E-state index contributed by atoms with van der Waals surface area (Å²) in [4.78, 5) is 0. The maximum absolute atomic E-state index is 12.4. The molecule has 2 nitrogen and oxygen atoms in total. The van der Waals surface area contributed by atoms with E-state index in [9.17, 15) is 13.2 Å². The van der Waals surface area contributed by atoms with E-state index in [1.807, 2.05) is 19.9 Å². The summed E-state index contributed by atoms with van der Waals surface area (Å²) in [5.41, 5.74) is 1.70. The summed E-state index contributed by atoms with van der Waals surface area (Å²) in [5.74, 6) is 0. The molecule has 0 unspecified atom stereocenters. The molecular weight excluding hydrogens is 229 g/mol. The molecule has 0 spiro atoms. The Morgan fingerprint density at radius 3 is 2.06 bits per heavy atom. The largest absolute Gasteiger partial charge is 0.416 e. The molecule has 0 saturated carbocycles. The molecule has 0 aliphatic heterocycles. The van der Waals surface area contributed by atoms with Gasteiger partial charge in [0, 0.05) is 5.69 Å². The minimum Gasteiger partial charge on any atom is -0.238 e. The van der Waals surface area contributed by atoms with E-state index in [1.165, 1.54) is 12.1 Å². The van der Waals surface area contributed by atoms with Crippen LogP contribution in [-0.2, 0) is 6.18 Å². The van der Waals surface area contributed by atoms with Crippen LogP contribution >= 0.6 is 0 Å². The highest BCUT2D eigenvalue weighted by Gasteiger charge is 2.30. The van der Waals surface area contributed by atoms with E-state index in [1.54, 1.807) is 4.68 Å². The normalized spacial score (nSPS) is 11.8. The topological polar surface area (TPSA) is 17.8 Å². The Labute approximate surface area is 96.7 Å². The minimum absolute atomic E-state index is 0.628. The van der Waals surface area contributed by atoms with E-state index in [0.717, 1.165) is 23.5 Å². The highest BCUT2D eigenvalue weighted by molar-refractivity contribution is 5.36. The number of aromatic nitrogens is 2. The van der Waals surface area contributed by atoms with Crippen LogP contribution in [0.4, 0.5) is 13.2 Å². The Bertz CT molecular complexity index is 524. The van der Waals surface area contributed by atoms with E-state index in [2.05, 4.69) is 5.10 Å². The van der Waals surface area contributed by atoms with Crippen molar-refractivity contribution in [2.75, 3.05) is 0 Å². The number of halogens is 3. The molecule has 1 aromatic heterocycles. The van der Waals surface area contributed by atoms with Gasteiger partial charge in [-0.2, -0.15) is 18.3 Å². The fourth-order valence-corrected chi connectivity index (χ4v) is 1.68. The molecule has 0 saturated heterocycles. The van der Waals surface area contributed by atoms with Crippen LogP contribution in [0.25, 0.3) is 5.69 Å². The molecule has 2 aromatic rings. The van der Waals surface area contributed by atoms with Crippen molar-refractivity contribution < 1.29 is 13.2 Å². The summed E-state index contributed by atoms with van der Waals surface area (Å²) in [6.07, 6.45) is -4.30. The quantitative estimate of drug-likeness (QED) is 0.745. The molecule has 90 valence electrons. The summed E-state index contributed by atoms with van der Waals surface area (Å²) >= 11 is 0. The van der Waals surface area contributed by atoms with Crippen LogP contribution < -0.4 is 0 Å². The van der Waals surface area contributed by atoms with Gasteiger partial charge >= 0.3 is 6.18 Å². The van der Waals surface area contributed by atoms with Gasteiger partial charge in [0.1, 0.15) is 0 Å². The molecule has 0 radical (unpaired) electrons. The van der Waals surface area contributed by atoms with Crippen molar-refractivity contribution in [3.8, 4) is 5.69 Å². The van der Waals surface area contributed by atoms with Crippen molar-refractivity contribution in [1.29, 1.82) is 0 Å². The van der Waals surface area contributed by atoms with Gasteiger partial charge in [-0.15, -0.1) is 0 Å². The van der Waals surface area contributed by atoms with Crippen LogP contribution in [0.2, 0.25) is 0 Å². The molecular formula is C12H11F3N2. The monoisotopic (exact) mass is 240 g/mol. The minimum atomic E-state index is -4.30. The smallest absolute Gasteiger partial charge is 0.238 e. The summed E-state index contributed by atoms with van der Waals surface area (Å²) in [6, 6.07) is 6.83. The molecule has 0 fully saturated rings. The predicted octanol–water partition coefficient (Wildman–Crippen LogP) is 3.51. The molecule has 5 heteroatoms. The number of alkyl halides is 3. The lowest BCUT2D eigenvalue weighted by molar-refractivity contribution is -0.137. The van der Waals surface area contributed by atoms with Gasteiger partial charge in [-0.1, -0.05) is 0 Å². The molecule has 1 heterocycles. The highest BCUT2D eigenvalue weighted by Crippen LogP contribution is 2.29. The molecule has 0 atom stereocenters. The van der Waals surface area contributed by atoms with Crippen LogP contribution in [0.5, 0.6) is 0 Å². The maximum Gasteiger partial charge on any atom is 0.416 e. The molecule has 0 bridgehead atoms. The third kappa shape index (κ3) is 2.33. The Kier molecular flexibility index (Phi) is 2.69. The average Bonchev–Trinajstić information content (AvgIpc) is 2.57. The first kappa shape index (κ1) is 11.7. The van der Waals surface area contributed by atoms with E-state index in [-0.39, 0.29) is 0 Å². The van der Waals surface area contributed by atoms with Crippen LogP contribution in [0.3, 0.4) is 0 Å². The maximum atomic E-state index is 12.4. The SMILES string of the molecule is Cc1cc(C)n(-c2ccc(C(F)(F)F)cc2)n1. The van der Waals surface area contributed by atoms with Gasteiger partial charge in [0.2, 0.25) is 0 Å². The molecule has 0 amide bonds. The predicted molar refractivity (Wildman–Crippen MR) is 58.0 cm³/mol. The molecule has 17 heavy (non-hydrogen) atoms. The molecule has 1 aromatic carbocycles. The Hall–Kier alpha value is -1.78. The summed E-state index contributed by atoms with van der Waals surface area (Å²) in [5, 5.41) is 4.21. The fourth-order valence-electron chi connectivity index (χ4n) is 1.68. The zero-order chi connectivity index (χ0) is 12.6. The van der Waals surface area contributed by atoms with Gasteiger partial charge in [-0.3, -0.25) is 0 Å². The average molecular weight is 240 g/mol. The number of nitrogens with zero attached hydrogens (tertiary/aromatic N) is 2. The van der Waals surface area contributed by atoms with Gasteiger partial charge in [0.05, 0.1) is 16.9 Å². The molecule has 0 aliphatic carbocycles. The van der Waals surface area contributed by atoms with Gasteiger partial charge in [-0.05, 0) is 44.2 Å². The second-order valence-electron chi connectivity index (χ2n) is 3.88.